The summed E-state index contributed by atoms with van der Waals surface area (Å²) < 4.78 is 22.4. The Labute approximate surface area is 105 Å². The van der Waals surface area contributed by atoms with Crippen LogP contribution in [-0.2, 0) is 9.13 Å². The minimum atomic E-state index is -5.35. The summed E-state index contributed by atoms with van der Waals surface area (Å²) in [6.07, 6.45) is 2.48. The minimum Gasteiger partial charge on any atom is -0.367 e. The van der Waals surface area contributed by atoms with Crippen molar-refractivity contribution in [3.63, 3.8) is 0 Å². The average Bonchev–Trinajstić information content (AvgIpc) is 2.18. The summed E-state index contributed by atoms with van der Waals surface area (Å²) >= 11 is 0. The lowest BCUT2D eigenvalue weighted by molar-refractivity contribution is 0.0580. The molecule has 5 N–H and O–H groups in total. The first-order valence-electron chi connectivity index (χ1n) is 5.57. The molecule has 1 fully saturated rings. The van der Waals surface area contributed by atoms with E-state index in [1.807, 2.05) is 0 Å². The van der Waals surface area contributed by atoms with E-state index in [9.17, 15) is 14.2 Å². The number of rotatable bonds is 4. The number of nitrogens with zero attached hydrogens (tertiary/aromatic N) is 1. The molecule has 0 saturated carbocycles. The van der Waals surface area contributed by atoms with Gasteiger partial charge in [-0.25, -0.2) is 0 Å². The van der Waals surface area contributed by atoms with Crippen LogP contribution in [0.25, 0.3) is 0 Å². The maximum absolute atomic E-state index is 11.2. The molecule has 1 rings (SSSR count). The van der Waals surface area contributed by atoms with Crippen molar-refractivity contribution in [2.75, 3.05) is 13.1 Å². The van der Waals surface area contributed by atoms with Gasteiger partial charge in [-0.2, -0.15) is 0 Å². The highest BCUT2D eigenvalue weighted by molar-refractivity contribution is 7.72. The van der Waals surface area contributed by atoms with E-state index in [4.69, 9.17) is 19.6 Å². The van der Waals surface area contributed by atoms with E-state index in [2.05, 4.69) is 0 Å². The van der Waals surface area contributed by atoms with E-state index >= 15 is 0 Å². The topological polar surface area (TPSA) is 139 Å². The number of hydrogen-bond acceptors (Lipinski definition) is 4. The number of hydrogen-bond donors (Lipinski definition) is 5. The molecule has 1 aliphatic heterocycles. The molecular formula is C8H19NO7P2. The zero-order valence-electron chi connectivity index (χ0n) is 10.0. The summed E-state index contributed by atoms with van der Waals surface area (Å²) in [5, 5.41) is 6.46. The normalized spacial score (nSPS) is 24.2. The molecule has 0 radical (unpaired) electrons. The second-order valence-corrected chi connectivity index (χ2v) is 8.69. The molecule has 0 bridgehead atoms. The van der Waals surface area contributed by atoms with E-state index < -0.39 is 26.8 Å². The zero-order valence-corrected chi connectivity index (χ0v) is 11.8. The Morgan fingerprint density at radius 3 is 2.06 bits per heavy atom. The first-order chi connectivity index (χ1) is 7.99. The maximum atomic E-state index is 11.2. The predicted octanol–water partition coefficient (Wildman–Crippen LogP) is -0.138. The number of aliphatic hydroxyl groups is 1. The summed E-state index contributed by atoms with van der Waals surface area (Å²) in [5.41, 5.74) is 0. The maximum Gasteiger partial charge on any atom is 0.370 e. The van der Waals surface area contributed by atoms with Gasteiger partial charge in [-0.15, -0.1) is 0 Å². The highest BCUT2D eigenvalue weighted by Gasteiger charge is 2.60. The van der Waals surface area contributed by atoms with E-state index in [1.165, 1.54) is 4.90 Å². The summed E-state index contributed by atoms with van der Waals surface area (Å²) in [6, 6.07) is -0.0802. The Balaban J connectivity index is 3.00. The van der Waals surface area contributed by atoms with Gasteiger partial charge in [-0.05, 0) is 26.3 Å². The Morgan fingerprint density at radius 2 is 1.67 bits per heavy atom. The monoisotopic (exact) mass is 303 g/mol. The minimum absolute atomic E-state index is 0.0802. The smallest absolute Gasteiger partial charge is 0.367 e. The Hall–Kier alpha value is 0.220. The predicted molar refractivity (Wildman–Crippen MR) is 63.9 cm³/mol. The van der Waals surface area contributed by atoms with Crippen LogP contribution in [0.4, 0.5) is 0 Å². The molecule has 1 heterocycles. The van der Waals surface area contributed by atoms with Crippen molar-refractivity contribution < 1.29 is 33.8 Å². The largest absolute Gasteiger partial charge is 0.370 e. The van der Waals surface area contributed by atoms with Gasteiger partial charge in [0, 0.05) is 6.04 Å². The first kappa shape index (κ1) is 16.3. The van der Waals surface area contributed by atoms with Crippen LogP contribution in [0.3, 0.4) is 0 Å². The standard InChI is InChI=1S/C8H19NO7P2/c1-7-4-2-3-5-9(7)6-8(10,17(11,12)13)18(14,15)16/h7,10H,2-6H2,1H3,(H2,11,12,13)(H2,14,15,16). The molecule has 0 amide bonds. The fourth-order valence-corrected chi connectivity index (χ4v) is 4.11. The van der Waals surface area contributed by atoms with Gasteiger partial charge in [0.15, 0.2) is 0 Å². The fourth-order valence-electron chi connectivity index (χ4n) is 2.02. The summed E-state index contributed by atoms with van der Waals surface area (Å²) in [4.78, 5) is 37.6. The lowest BCUT2D eigenvalue weighted by Crippen LogP contribution is -2.48. The lowest BCUT2D eigenvalue weighted by Gasteiger charge is -2.39. The molecule has 108 valence electrons. The van der Waals surface area contributed by atoms with Crippen LogP contribution >= 0.6 is 15.2 Å². The van der Waals surface area contributed by atoms with Crippen molar-refractivity contribution in [1.29, 1.82) is 0 Å². The molecule has 0 aromatic heterocycles. The highest BCUT2D eigenvalue weighted by Crippen LogP contribution is 2.67. The third kappa shape index (κ3) is 3.21. The highest BCUT2D eigenvalue weighted by atomic mass is 31.2. The number of β-amino-alcohol motifs (C(OH)–C–C–N with tert-alkyl or cyclic N) is 1. The molecule has 10 heteroatoms. The molecule has 1 atom stereocenters. The van der Waals surface area contributed by atoms with Crippen molar-refractivity contribution in [3.8, 4) is 0 Å². The van der Waals surface area contributed by atoms with E-state index in [-0.39, 0.29) is 6.04 Å². The molecule has 0 aromatic rings. The third-order valence-electron chi connectivity index (χ3n) is 3.29. The van der Waals surface area contributed by atoms with Gasteiger partial charge in [0.05, 0.1) is 6.54 Å². The van der Waals surface area contributed by atoms with Crippen molar-refractivity contribution in [1.82, 2.24) is 4.90 Å². The van der Waals surface area contributed by atoms with Crippen molar-refractivity contribution in [3.05, 3.63) is 0 Å². The molecule has 1 saturated heterocycles. The van der Waals surface area contributed by atoms with E-state index in [0.29, 0.717) is 6.54 Å². The van der Waals surface area contributed by atoms with Gasteiger partial charge in [-0.1, -0.05) is 6.42 Å². The average molecular weight is 303 g/mol. The first-order valence-corrected chi connectivity index (χ1v) is 8.79. The van der Waals surface area contributed by atoms with Gasteiger partial charge in [0.2, 0.25) is 0 Å². The number of likely N-dealkylation sites (tertiary alicyclic amines) is 1. The molecule has 1 aliphatic rings. The van der Waals surface area contributed by atoms with Gasteiger partial charge in [0.1, 0.15) is 0 Å². The molecule has 0 spiro atoms. The van der Waals surface area contributed by atoms with Crippen molar-refractivity contribution in [2.45, 2.75) is 37.3 Å². The fraction of sp³-hybridized carbons (Fsp3) is 1.00. The molecule has 0 aromatic carbocycles. The van der Waals surface area contributed by atoms with Gasteiger partial charge in [-0.3, -0.25) is 14.0 Å². The molecule has 1 unspecified atom stereocenters. The molecule has 0 aliphatic carbocycles. The van der Waals surface area contributed by atoms with Crippen molar-refractivity contribution >= 4 is 15.2 Å². The van der Waals surface area contributed by atoms with Gasteiger partial charge < -0.3 is 24.7 Å². The molecular weight excluding hydrogens is 284 g/mol. The van der Waals surface area contributed by atoms with Crippen LogP contribution in [0.5, 0.6) is 0 Å². The second-order valence-electron chi connectivity index (χ2n) is 4.68. The summed E-state index contributed by atoms with van der Waals surface area (Å²) in [7, 11) is -10.7. The second kappa shape index (κ2) is 5.31. The van der Waals surface area contributed by atoms with E-state index in [1.54, 1.807) is 6.92 Å². The van der Waals surface area contributed by atoms with Crippen LogP contribution in [0.1, 0.15) is 26.2 Å². The van der Waals surface area contributed by atoms with Crippen LogP contribution < -0.4 is 0 Å². The summed E-state index contributed by atoms with van der Waals surface area (Å²) in [6.45, 7) is 1.51. The third-order valence-corrected chi connectivity index (χ3v) is 7.00. The van der Waals surface area contributed by atoms with E-state index in [0.717, 1.165) is 19.3 Å². The Kier molecular flexibility index (Phi) is 4.80. The zero-order chi connectivity index (χ0) is 14.2. The van der Waals surface area contributed by atoms with Crippen LogP contribution in [0.2, 0.25) is 0 Å². The Morgan fingerprint density at radius 1 is 1.17 bits per heavy atom. The van der Waals surface area contributed by atoms with Crippen LogP contribution in [-0.4, -0.2) is 53.8 Å². The quantitative estimate of drug-likeness (QED) is 0.452. The van der Waals surface area contributed by atoms with Crippen LogP contribution in [0.15, 0.2) is 0 Å². The molecule has 8 nitrogen and oxygen atoms in total. The van der Waals surface area contributed by atoms with Crippen LogP contribution in [0, 0.1) is 0 Å². The number of piperidine rings is 1. The van der Waals surface area contributed by atoms with Gasteiger partial charge in [0.25, 0.3) is 5.08 Å². The molecule has 18 heavy (non-hydrogen) atoms. The lowest BCUT2D eigenvalue weighted by atomic mass is 10.0. The SMILES string of the molecule is CC1CCCCN1CC(O)(P(=O)(O)O)P(=O)(O)O. The Bertz CT molecular complexity index is 367. The summed E-state index contributed by atoms with van der Waals surface area (Å²) in [5.74, 6) is 0. The van der Waals surface area contributed by atoms with Gasteiger partial charge >= 0.3 is 15.2 Å². The van der Waals surface area contributed by atoms with Crippen molar-refractivity contribution in [2.24, 2.45) is 0 Å².